The maximum absolute atomic E-state index is 5.49. The van der Waals surface area contributed by atoms with Crippen LogP contribution in [0.4, 0.5) is 0 Å². The number of hydrogen-bond acceptors (Lipinski definition) is 3. The summed E-state index contributed by atoms with van der Waals surface area (Å²) in [7, 11) is 1.72. The van der Waals surface area contributed by atoms with Gasteiger partial charge in [-0.15, -0.1) is 0 Å². The topological polar surface area (TPSA) is 29.8 Å². The summed E-state index contributed by atoms with van der Waals surface area (Å²) < 4.78 is 7.64. The second kappa shape index (κ2) is 5.21. The van der Waals surface area contributed by atoms with Crippen LogP contribution in [0.3, 0.4) is 0 Å². The molecule has 3 rings (SSSR count). The molecule has 4 heteroatoms. The van der Waals surface area contributed by atoms with Gasteiger partial charge in [-0.25, -0.2) is 4.98 Å². The molecule has 19 heavy (non-hydrogen) atoms. The van der Waals surface area contributed by atoms with E-state index >= 15 is 0 Å². The highest BCUT2D eigenvalue weighted by atomic mass is 16.5. The van der Waals surface area contributed by atoms with Gasteiger partial charge in [-0.05, 0) is 38.1 Å². The van der Waals surface area contributed by atoms with E-state index in [-0.39, 0.29) is 0 Å². The van der Waals surface area contributed by atoms with Gasteiger partial charge < -0.3 is 4.74 Å². The first kappa shape index (κ1) is 12.5. The second-order valence-corrected chi connectivity index (χ2v) is 5.08. The summed E-state index contributed by atoms with van der Waals surface area (Å²) in [6, 6.07) is 6.51. The summed E-state index contributed by atoms with van der Waals surface area (Å²) in [5.41, 5.74) is 1.11. The minimum absolute atomic E-state index is 0.414. The van der Waals surface area contributed by atoms with Crippen LogP contribution in [-0.4, -0.2) is 34.5 Å². The number of hydrogen-bond donors (Lipinski definition) is 0. The molecule has 0 spiro atoms. The molecule has 1 fully saturated rings. The van der Waals surface area contributed by atoms with Gasteiger partial charge in [0, 0.05) is 0 Å². The van der Waals surface area contributed by atoms with Gasteiger partial charge in [-0.3, -0.25) is 9.30 Å². The fourth-order valence-electron chi connectivity index (χ4n) is 3.10. The summed E-state index contributed by atoms with van der Waals surface area (Å²) in [5, 5.41) is 0. The standard InChI is InChI=1S/C15H21N3O/c1-3-17-10-5-4-8-13(17)15-16-11-12-7-6-9-14(19-2)18(12)15/h6-7,9,11,13H,3-5,8,10H2,1-2H3. The van der Waals surface area contributed by atoms with E-state index in [0.29, 0.717) is 6.04 Å². The van der Waals surface area contributed by atoms with E-state index in [2.05, 4.69) is 27.3 Å². The molecule has 1 atom stereocenters. The lowest BCUT2D eigenvalue weighted by Crippen LogP contribution is -2.34. The SMILES string of the molecule is CCN1CCCCC1c1ncc2cccc(OC)n12. The molecular weight excluding hydrogens is 238 g/mol. The van der Waals surface area contributed by atoms with Crippen LogP contribution in [0.2, 0.25) is 0 Å². The maximum atomic E-state index is 5.49. The lowest BCUT2D eigenvalue weighted by atomic mass is 10.0. The molecule has 4 nitrogen and oxygen atoms in total. The fraction of sp³-hybridized carbons (Fsp3) is 0.533. The zero-order valence-electron chi connectivity index (χ0n) is 11.7. The first-order chi connectivity index (χ1) is 9.35. The predicted molar refractivity (Wildman–Crippen MR) is 75.6 cm³/mol. The number of methoxy groups -OCH3 is 1. The van der Waals surface area contributed by atoms with Crippen molar-refractivity contribution in [2.45, 2.75) is 32.2 Å². The summed E-state index contributed by atoms with van der Waals surface area (Å²) in [4.78, 5) is 7.19. The molecule has 0 saturated carbocycles. The zero-order valence-corrected chi connectivity index (χ0v) is 11.7. The second-order valence-electron chi connectivity index (χ2n) is 5.08. The summed E-state index contributed by atoms with van der Waals surface area (Å²) in [6.07, 6.45) is 5.71. The smallest absolute Gasteiger partial charge is 0.199 e. The van der Waals surface area contributed by atoms with Crippen molar-refractivity contribution < 1.29 is 4.74 Å². The molecule has 0 aliphatic carbocycles. The zero-order chi connectivity index (χ0) is 13.2. The summed E-state index contributed by atoms with van der Waals surface area (Å²) in [5.74, 6) is 1.99. The highest BCUT2D eigenvalue weighted by Crippen LogP contribution is 2.31. The summed E-state index contributed by atoms with van der Waals surface area (Å²) >= 11 is 0. The molecule has 102 valence electrons. The van der Waals surface area contributed by atoms with Gasteiger partial charge in [0.05, 0.1) is 24.9 Å². The molecule has 0 aromatic carbocycles. The van der Waals surface area contributed by atoms with Crippen LogP contribution in [-0.2, 0) is 0 Å². The van der Waals surface area contributed by atoms with Crippen LogP contribution >= 0.6 is 0 Å². The Bertz CT molecular complexity index is 564. The van der Waals surface area contributed by atoms with E-state index < -0.39 is 0 Å². The molecule has 1 saturated heterocycles. The third-order valence-corrected chi connectivity index (χ3v) is 4.07. The molecule has 1 aliphatic heterocycles. The largest absolute Gasteiger partial charge is 0.482 e. The number of pyridine rings is 1. The summed E-state index contributed by atoms with van der Waals surface area (Å²) in [6.45, 7) is 4.48. The van der Waals surface area contributed by atoms with Crippen molar-refractivity contribution in [3.63, 3.8) is 0 Å². The third-order valence-electron chi connectivity index (χ3n) is 4.07. The van der Waals surface area contributed by atoms with Gasteiger partial charge in [0.1, 0.15) is 5.82 Å². The van der Waals surface area contributed by atoms with Gasteiger partial charge >= 0.3 is 0 Å². The first-order valence-corrected chi connectivity index (χ1v) is 7.09. The van der Waals surface area contributed by atoms with Gasteiger partial charge in [-0.2, -0.15) is 0 Å². The van der Waals surface area contributed by atoms with E-state index in [1.165, 1.54) is 25.8 Å². The number of aromatic nitrogens is 2. The number of nitrogens with zero attached hydrogens (tertiary/aromatic N) is 3. The molecule has 0 N–H and O–H groups in total. The Labute approximate surface area is 114 Å². The molecule has 1 unspecified atom stereocenters. The van der Waals surface area contributed by atoms with Crippen LogP contribution < -0.4 is 4.74 Å². The van der Waals surface area contributed by atoms with E-state index in [1.54, 1.807) is 7.11 Å². The molecule has 2 aromatic rings. The molecular formula is C15H21N3O. The molecule has 0 amide bonds. The van der Waals surface area contributed by atoms with Crippen molar-refractivity contribution in [3.8, 4) is 5.88 Å². The van der Waals surface area contributed by atoms with Crippen molar-refractivity contribution in [1.29, 1.82) is 0 Å². The number of ether oxygens (including phenoxy) is 1. The maximum Gasteiger partial charge on any atom is 0.199 e. The van der Waals surface area contributed by atoms with Crippen molar-refractivity contribution in [2.75, 3.05) is 20.2 Å². The van der Waals surface area contributed by atoms with Crippen LogP contribution in [0.5, 0.6) is 5.88 Å². The van der Waals surface area contributed by atoms with Crippen molar-refractivity contribution in [2.24, 2.45) is 0 Å². The van der Waals surface area contributed by atoms with E-state index in [9.17, 15) is 0 Å². The number of likely N-dealkylation sites (tertiary alicyclic amines) is 1. The van der Waals surface area contributed by atoms with Crippen LogP contribution in [0.25, 0.3) is 5.52 Å². The average molecular weight is 259 g/mol. The molecule has 3 heterocycles. The van der Waals surface area contributed by atoms with Crippen LogP contribution in [0, 0.1) is 0 Å². The lowest BCUT2D eigenvalue weighted by molar-refractivity contribution is 0.149. The average Bonchev–Trinajstić information content (AvgIpc) is 2.91. The minimum atomic E-state index is 0.414. The minimum Gasteiger partial charge on any atom is -0.482 e. The number of rotatable bonds is 3. The monoisotopic (exact) mass is 259 g/mol. The van der Waals surface area contributed by atoms with Crippen molar-refractivity contribution >= 4 is 5.52 Å². The van der Waals surface area contributed by atoms with Gasteiger partial charge in [0.25, 0.3) is 0 Å². The Hall–Kier alpha value is -1.55. The van der Waals surface area contributed by atoms with Crippen molar-refractivity contribution in [1.82, 2.24) is 14.3 Å². The van der Waals surface area contributed by atoms with Crippen molar-refractivity contribution in [3.05, 3.63) is 30.2 Å². The Morgan fingerprint density at radius 3 is 3.05 bits per heavy atom. The molecule has 1 aliphatic rings. The first-order valence-electron chi connectivity index (χ1n) is 7.09. The number of fused-ring (bicyclic) bond motifs is 1. The Kier molecular flexibility index (Phi) is 3.42. The van der Waals surface area contributed by atoms with Gasteiger partial charge in [-0.1, -0.05) is 19.4 Å². The molecule has 0 bridgehead atoms. The highest BCUT2D eigenvalue weighted by Gasteiger charge is 2.26. The Morgan fingerprint density at radius 1 is 1.37 bits per heavy atom. The number of piperidine rings is 1. The fourth-order valence-corrected chi connectivity index (χ4v) is 3.10. The highest BCUT2D eigenvalue weighted by molar-refractivity contribution is 5.49. The Balaban J connectivity index is 2.08. The van der Waals surface area contributed by atoms with Gasteiger partial charge in [0.2, 0.25) is 0 Å². The van der Waals surface area contributed by atoms with E-state index in [4.69, 9.17) is 4.74 Å². The predicted octanol–water partition coefficient (Wildman–Crippen LogP) is 2.89. The van der Waals surface area contributed by atoms with E-state index in [1.807, 2.05) is 18.3 Å². The van der Waals surface area contributed by atoms with Gasteiger partial charge in [0.15, 0.2) is 5.88 Å². The lowest BCUT2D eigenvalue weighted by Gasteiger charge is -2.34. The van der Waals surface area contributed by atoms with E-state index in [0.717, 1.165) is 23.8 Å². The quantitative estimate of drug-likeness (QED) is 0.849. The van der Waals surface area contributed by atoms with Crippen LogP contribution in [0.1, 0.15) is 38.1 Å². The van der Waals surface area contributed by atoms with Crippen LogP contribution in [0.15, 0.2) is 24.4 Å². The third kappa shape index (κ3) is 2.10. The molecule has 0 radical (unpaired) electrons. The number of imidazole rings is 1. The molecule has 2 aromatic heterocycles. The Morgan fingerprint density at radius 2 is 2.26 bits per heavy atom. The normalized spacial score (nSPS) is 20.8.